The Hall–Kier alpha value is -3.45. The van der Waals surface area contributed by atoms with E-state index in [9.17, 15) is 9.90 Å². The summed E-state index contributed by atoms with van der Waals surface area (Å²) < 4.78 is 7.69. The van der Waals surface area contributed by atoms with Gasteiger partial charge in [0.2, 0.25) is 0 Å². The van der Waals surface area contributed by atoms with Crippen molar-refractivity contribution in [2.75, 3.05) is 6.61 Å². The highest BCUT2D eigenvalue weighted by molar-refractivity contribution is 5.74. The van der Waals surface area contributed by atoms with Gasteiger partial charge in [-0.15, -0.1) is 0 Å². The molecule has 0 bridgehead atoms. The minimum Gasteiger partial charge on any atom is -0.493 e. The molecule has 0 spiro atoms. The number of aliphatic hydroxyl groups is 1. The van der Waals surface area contributed by atoms with Crippen LogP contribution in [-0.2, 0) is 6.42 Å². The number of hydrogen-bond acceptors (Lipinski definition) is 5. The number of aliphatic hydroxyl groups excluding tert-OH is 1. The molecule has 0 aliphatic carbocycles. The van der Waals surface area contributed by atoms with Crippen LogP contribution < -0.4 is 10.3 Å². The number of nitrogens with zero attached hydrogens (tertiary/aromatic N) is 3. The Morgan fingerprint density at radius 2 is 1.88 bits per heavy atom. The Morgan fingerprint density at radius 3 is 2.64 bits per heavy atom. The van der Waals surface area contributed by atoms with Gasteiger partial charge in [0.25, 0.3) is 5.56 Å². The van der Waals surface area contributed by atoms with Gasteiger partial charge < -0.3 is 19.4 Å². The minimum absolute atomic E-state index is 0.243. The normalized spacial score (nSPS) is 13.2. The monoisotopic (exact) mass is 446 g/mol. The van der Waals surface area contributed by atoms with Gasteiger partial charge in [0.05, 0.1) is 30.6 Å². The summed E-state index contributed by atoms with van der Waals surface area (Å²) in [7, 11) is 0. The van der Waals surface area contributed by atoms with E-state index in [4.69, 9.17) is 9.72 Å². The third kappa shape index (κ3) is 5.14. The second-order valence-electron chi connectivity index (χ2n) is 8.27. The first-order valence-corrected chi connectivity index (χ1v) is 11.5. The van der Waals surface area contributed by atoms with Crippen molar-refractivity contribution >= 4 is 11.2 Å². The van der Waals surface area contributed by atoms with E-state index in [0.29, 0.717) is 23.8 Å². The molecule has 0 radical (unpaired) electrons. The zero-order chi connectivity index (χ0) is 23.2. The van der Waals surface area contributed by atoms with Crippen LogP contribution in [0.1, 0.15) is 44.7 Å². The second-order valence-corrected chi connectivity index (χ2v) is 8.27. The summed E-state index contributed by atoms with van der Waals surface area (Å²) in [6.45, 7) is 4.38. The topological polar surface area (TPSA) is 93.0 Å². The zero-order valence-electron chi connectivity index (χ0n) is 19.1. The van der Waals surface area contributed by atoms with Gasteiger partial charge in [-0.2, -0.15) is 0 Å². The van der Waals surface area contributed by atoms with Crippen molar-refractivity contribution in [1.29, 1.82) is 0 Å². The van der Waals surface area contributed by atoms with Gasteiger partial charge >= 0.3 is 0 Å². The van der Waals surface area contributed by atoms with Crippen LogP contribution in [0.5, 0.6) is 5.75 Å². The fourth-order valence-corrected chi connectivity index (χ4v) is 4.07. The van der Waals surface area contributed by atoms with Gasteiger partial charge in [0.15, 0.2) is 11.2 Å². The van der Waals surface area contributed by atoms with Gasteiger partial charge in [-0.1, -0.05) is 49.4 Å². The lowest BCUT2D eigenvalue weighted by atomic mass is 10.0. The van der Waals surface area contributed by atoms with Gasteiger partial charge in [-0.05, 0) is 50.3 Å². The fraction of sp³-hybridized carbons (Fsp3) is 0.346. The van der Waals surface area contributed by atoms with E-state index in [1.165, 1.54) is 5.56 Å². The average molecular weight is 447 g/mol. The molecule has 7 nitrogen and oxygen atoms in total. The quantitative estimate of drug-likeness (QED) is 0.374. The molecule has 7 heteroatoms. The number of hydrogen-bond donors (Lipinski definition) is 2. The standard InChI is InChI=1S/C26H30N4O3/c1-3-16-33-22-15-8-7-13-20(22)24-28-25-23(26(32)29-24)27-17-30(25)21(18(2)31)14-9-12-19-10-5-4-6-11-19/h4-8,10-11,13,15,17-18,21,31H,3,9,12,14,16H2,1-2H3,(H,28,29,32). The Bertz CT molecular complexity index is 1250. The van der Waals surface area contributed by atoms with E-state index < -0.39 is 6.10 Å². The first kappa shape index (κ1) is 22.7. The lowest BCUT2D eigenvalue weighted by molar-refractivity contribution is 0.125. The van der Waals surface area contributed by atoms with E-state index in [0.717, 1.165) is 31.2 Å². The number of para-hydroxylation sites is 1. The molecule has 172 valence electrons. The molecule has 33 heavy (non-hydrogen) atoms. The van der Waals surface area contributed by atoms with E-state index in [2.05, 4.69) is 22.1 Å². The summed E-state index contributed by atoms with van der Waals surface area (Å²) >= 11 is 0. The van der Waals surface area contributed by atoms with Crippen LogP contribution in [-0.4, -0.2) is 37.3 Å². The van der Waals surface area contributed by atoms with Crippen LogP contribution in [0.4, 0.5) is 0 Å². The number of ether oxygens (including phenoxy) is 1. The molecule has 4 rings (SSSR count). The highest BCUT2D eigenvalue weighted by Gasteiger charge is 2.22. The Morgan fingerprint density at radius 1 is 1.12 bits per heavy atom. The number of aromatic amines is 1. The highest BCUT2D eigenvalue weighted by Crippen LogP contribution is 2.29. The van der Waals surface area contributed by atoms with Crippen molar-refractivity contribution in [2.45, 2.75) is 51.7 Å². The Kier molecular flexibility index (Phi) is 7.19. The van der Waals surface area contributed by atoms with E-state index in [1.807, 2.05) is 54.0 Å². The molecule has 2 heterocycles. The predicted octanol–water partition coefficient (Wildman–Crippen LogP) is 4.52. The maximum atomic E-state index is 12.8. The second kappa shape index (κ2) is 10.4. The third-order valence-electron chi connectivity index (χ3n) is 5.76. The van der Waals surface area contributed by atoms with Crippen molar-refractivity contribution in [1.82, 2.24) is 19.5 Å². The Balaban J connectivity index is 1.67. The molecule has 0 amide bonds. The molecule has 0 fully saturated rings. The zero-order valence-corrected chi connectivity index (χ0v) is 19.1. The number of aromatic nitrogens is 4. The van der Waals surface area contributed by atoms with Crippen LogP contribution >= 0.6 is 0 Å². The Labute approximate surface area is 193 Å². The molecule has 2 unspecified atom stereocenters. The molecule has 0 aliphatic heterocycles. The average Bonchev–Trinajstić information content (AvgIpc) is 3.25. The van der Waals surface area contributed by atoms with E-state index >= 15 is 0 Å². The third-order valence-corrected chi connectivity index (χ3v) is 5.76. The number of H-pyrrole nitrogens is 1. The number of aryl methyl sites for hydroxylation is 1. The summed E-state index contributed by atoms with van der Waals surface area (Å²) in [4.78, 5) is 24.7. The first-order valence-electron chi connectivity index (χ1n) is 11.5. The molecule has 2 aromatic heterocycles. The van der Waals surface area contributed by atoms with Gasteiger partial charge in [-0.25, -0.2) is 9.97 Å². The molecule has 0 saturated heterocycles. The number of imidazole rings is 1. The predicted molar refractivity (Wildman–Crippen MR) is 129 cm³/mol. The fourth-order valence-electron chi connectivity index (χ4n) is 4.07. The summed E-state index contributed by atoms with van der Waals surface area (Å²) in [6.07, 6.45) is 4.40. The largest absolute Gasteiger partial charge is 0.493 e. The summed E-state index contributed by atoms with van der Waals surface area (Å²) in [5.41, 5.74) is 2.39. The minimum atomic E-state index is -0.622. The maximum absolute atomic E-state index is 12.8. The molecular formula is C26H30N4O3. The summed E-state index contributed by atoms with van der Waals surface area (Å²) in [5.74, 6) is 1.09. The summed E-state index contributed by atoms with van der Waals surface area (Å²) in [6, 6.07) is 17.6. The van der Waals surface area contributed by atoms with Crippen molar-refractivity contribution < 1.29 is 9.84 Å². The van der Waals surface area contributed by atoms with E-state index in [-0.39, 0.29) is 17.1 Å². The maximum Gasteiger partial charge on any atom is 0.279 e. The van der Waals surface area contributed by atoms with Gasteiger partial charge in [-0.3, -0.25) is 4.79 Å². The number of fused-ring (bicyclic) bond motifs is 1. The molecule has 4 aromatic rings. The molecule has 0 aliphatic rings. The smallest absolute Gasteiger partial charge is 0.279 e. The number of benzene rings is 2. The van der Waals surface area contributed by atoms with Gasteiger partial charge in [0, 0.05) is 0 Å². The van der Waals surface area contributed by atoms with Crippen molar-refractivity contribution in [3.05, 3.63) is 76.8 Å². The lowest BCUT2D eigenvalue weighted by Gasteiger charge is -2.22. The molecular weight excluding hydrogens is 416 g/mol. The first-order chi connectivity index (χ1) is 16.1. The van der Waals surface area contributed by atoms with Crippen LogP contribution in [0.25, 0.3) is 22.6 Å². The number of nitrogens with one attached hydrogen (secondary N) is 1. The molecule has 2 atom stereocenters. The van der Waals surface area contributed by atoms with Crippen molar-refractivity contribution in [3.63, 3.8) is 0 Å². The summed E-state index contributed by atoms with van der Waals surface area (Å²) in [5, 5.41) is 10.6. The van der Waals surface area contributed by atoms with Crippen LogP contribution in [0, 0.1) is 0 Å². The molecule has 2 aromatic carbocycles. The molecule has 2 N–H and O–H groups in total. The molecule has 0 saturated carbocycles. The number of rotatable bonds is 10. The van der Waals surface area contributed by atoms with Gasteiger partial charge in [0.1, 0.15) is 11.6 Å². The van der Waals surface area contributed by atoms with Crippen molar-refractivity contribution in [3.8, 4) is 17.1 Å². The van der Waals surface area contributed by atoms with E-state index in [1.54, 1.807) is 13.3 Å². The van der Waals surface area contributed by atoms with Crippen LogP contribution in [0.2, 0.25) is 0 Å². The SMILES string of the molecule is CCCOc1ccccc1-c1nc2c(ncn2C(CCCc2ccccc2)C(C)O)c(=O)[nH]1. The van der Waals surface area contributed by atoms with Crippen LogP contribution in [0.3, 0.4) is 0 Å². The van der Waals surface area contributed by atoms with Crippen molar-refractivity contribution in [2.24, 2.45) is 0 Å². The van der Waals surface area contributed by atoms with Crippen LogP contribution in [0.15, 0.2) is 65.7 Å². The lowest BCUT2D eigenvalue weighted by Crippen LogP contribution is -2.22. The highest BCUT2D eigenvalue weighted by atomic mass is 16.5.